The van der Waals surface area contributed by atoms with Crippen LogP contribution in [0, 0.1) is 6.92 Å². The summed E-state index contributed by atoms with van der Waals surface area (Å²) >= 11 is 0. The molecular formula is C11H15N3. The Morgan fingerprint density at radius 2 is 2.36 bits per heavy atom. The van der Waals surface area contributed by atoms with Crippen molar-refractivity contribution in [2.45, 2.75) is 19.9 Å². The zero-order chi connectivity index (χ0) is 9.97. The van der Waals surface area contributed by atoms with Crippen LogP contribution in [-0.4, -0.2) is 17.4 Å². The fourth-order valence-electron chi connectivity index (χ4n) is 1.66. The van der Waals surface area contributed by atoms with Gasteiger partial charge in [0.05, 0.1) is 6.54 Å². The number of aryl methyl sites for hydroxylation is 1. The van der Waals surface area contributed by atoms with Gasteiger partial charge in [-0.1, -0.05) is 29.8 Å². The van der Waals surface area contributed by atoms with Crippen LogP contribution in [0.5, 0.6) is 0 Å². The van der Waals surface area contributed by atoms with Gasteiger partial charge in [0, 0.05) is 13.0 Å². The van der Waals surface area contributed by atoms with E-state index in [-0.39, 0.29) is 0 Å². The second-order valence-corrected chi connectivity index (χ2v) is 3.72. The standard InChI is InChI=1S/C11H15N3/c1-9-3-2-4-10(7-9)8-14-6-5-11(12)13-14/h2-4,7H,5-6,8H2,1H3,(H2,12,13). The summed E-state index contributed by atoms with van der Waals surface area (Å²) < 4.78 is 0. The Hall–Kier alpha value is -1.51. The van der Waals surface area contributed by atoms with E-state index < -0.39 is 0 Å². The van der Waals surface area contributed by atoms with Crippen LogP contribution in [0.3, 0.4) is 0 Å². The van der Waals surface area contributed by atoms with E-state index in [9.17, 15) is 0 Å². The van der Waals surface area contributed by atoms with E-state index in [1.54, 1.807) is 0 Å². The number of hydrazone groups is 1. The molecule has 2 N–H and O–H groups in total. The largest absolute Gasteiger partial charge is 0.386 e. The van der Waals surface area contributed by atoms with Crippen molar-refractivity contribution >= 4 is 5.84 Å². The minimum Gasteiger partial charge on any atom is -0.386 e. The molecule has 0 radical (unpaired) electrons. The highest BCUT2D eigenvalue weighted by Crippen LogP contribution is 2.11. The van der Waals surface area contributed by atoms with Crippen molar-refractivity contribution < 1.29 is 0 Å². The average molecular weight is 189 g/mol. The SMILES string of the molecule is Cc1cccc(CN2CCC(N)=N2)c1. The van der Waals surface area contributed by atoms with Crippen molar-refractivity contribution in [1.82, 2.24) is 5.01 Å². The van der Waals surface area contributed by atoms with Gasteiger partial charge in [-0.25, -0.2) is 0 Å². The lowest BCUT2D eigenvalue weighted by atomic mass is 10.1. The van der Waals surface area contributed by atoms with Gasteiger partial charge in [0.15, 0.2) is 0 Å². The first kappa shape index (κ1) is 9.06. The first-order valence-corrected chi connectivity index (χ1v) is 4.87. The molecular weight excluding hydrogens is 174 g/mol. The molecule has 0 bridgehead atoms. The molecule has 1 aromatic carbocycles. The fraction of sp³-hybridized carbons (Fsp3) is 0.364. The summed E-state index contributed by atoms with van der Waals surface area (Å²) in [5, 5.41) is 6.26. The minimum atomic E-state index is 0.748. The van der Waals surface area contributed by atoms with Crippen LogP contribution in [0.4, 0.5) is 0 Å². The summed E-state index contributed by atoms with van der Waals surface area (Å²) in [6.45, 7) is 3.91. The van der Waals surface area contributed by atoms with E-state index in [0.29, 0.717) is 0 Å². The monoisotopic (exact) mass is 189 g/mol. The molecule has 14 heavy (non-hydrogen) atoms. The highest BCUT2D eigenvalue weighted by Gasteiger charge is 2.11. The third-order valence-electron chi connectivity index (χ3n) is 2.34. The van der Waals surface area contributed by atoms with E-state index in [2.05, 4.69) is 36.3 Å². The Morgan fingerprint density at radius 1 is 1.50 bits per heavy atom. The second kappa shape index (κ2) is 3.70. The van der Waals surface area contributed by atoms with Crippen molar-refractivity contribution in [2.24, 2.45) is 10.8 Å². The maximum Gasteiger partial charge on any atom is 0.121 e. The van der Waals surface area contributed by atoms with E-state index >= 15 is 0 Å². The number of rotatable bonds is 2. The van der Waals surface area contributed by atoms with Crippen LogP contribution in [-0.2, 0) is 6.54 Å². The van der Waals surface area contributed by atoms with Crippen LogP contribution in [0.2, 0.25) is 0 Å². The molecule has 0 spiro atoms. The van der Waals surface area contributed by atoms with E-state index in [1.165, 1.54) is 11.1 Å². The highest BCUT2D eigenvalue weighted by atomic mass is 15.5. The van der Waals surface area contributed by atoms with Crippen LogP contribution in [0.1, 0.15) is 17.5 Å². The second-order valence-electron chi connectivity index (χ2n) is 3.72. The highest BCUT2D eigenvalue weighted by molar-refractivity contribution is 5.81. The summed E-state index contributed by atoms with van der Waals surface area (Å²) in [7, 11) is 0. The van der Waals surface area contributed by atoms with Crippen molar-refractivity contribution in [1.29, 1.82) is 0 Å². The van der Waals surface area contributed by atoms with Crippen LogP contribution in [0.25, 0.3) is 0 Å². The Kier molecular flexibility index (Phi) is 2.39. The van der Waals surface area contributed by atoms with Crippen molar-refractivity contribution in [2.75, 3.05) is 6.54 Å². The van der Waals surface area contributed by atoms with Crippen molar-refractivity contribution in [3.63, 3.8) is 0 Å². The van der Waals surface area contributed by atoms with E-state index in [4.69, 9.17) is 5.73 Å². The van der Waals surface area contributed by atoms with Gasteiger partial charge >= 0.3 is 0 Å². The lowest BCUT2D eigenvalue weighted by molar-refractivity contribution is 0.310. The van der Waals surface area contributed by atoms with Crippen LogP contribution in [0.15, 0.2) is 29.4 Å². The first-order chi connectivity index (χ1) is 6.74. The van der Waals surface area contributed by atoms with Gasteiger partial charge in [-0.15, -0.1) is 0 Å². The first-order valence-electron chi connectivity index (χ1n) is 4.87. The molecule has 0 saturated carbocycles. The van der Waals surface area contributed by atoms with Crippen LogP contribution < -0.4 is 5.73 Å². The average Bonchev–Trinajstić information content (AvgIpc) is 2.51. The van der Waals surface area contributed by atoms with Gasteiger partial charge in [-0.2, -0.15) is 5.10 Å². The summed E-state index contributed by atoms with van der Waals surface area (Å²) in [4.78, 5) is 0. The molecule has 1 aliphatic heterocycles. The molecule has 2 rings (SSSR count). The number of nitrogens with zero attached hydrogens (tertiary/aromatic N) is 2. The maximum atomic E-state index is 5.62. The van der Waals surface area contributed by atoms with E-state index in [0.717, 1.165) is 25.3 Å². The molecule has 1 aromatic rings. The summed E-state index contributed by atoms with van der Waals surface area (Å²) in [6.07, 6.45) is 0.895. The summed E-state index contributed by atoms with van der Waals surface area (Å²) in [5.41, 5.74) is 8.20. The molecule has 0 amide bonds. The zero-order valence-corrected chi connectivity index (χ0v) is 8.40. The van der Waals surface area contributed by atoms with Crippen LogP contribution >= 0.6 is 0 Å². The molecule has 0 atom stereocenters. The number of amidine groups is 1. The summed E-state index contributed by atoms with van der Waals surface area (Å²) in [6, 6.07) is 8.49. The van der Waals surface area contributed by atoms with Gasteiger partial charge < -0.3 is 5.73 Å². The predicted molar refractivity (Wildman–Crippen MR) is 57.8 cm³/mol. The minimum absolute atomic E-state index is 0.748. The third-order valence-corrected chi connectivity index (χ3v) is 2.34. The number of hydrogen-bond donors (Lipinski definition) is 1. The number of hydrogen-bond acceptors (Lipinski definition) is 3. The molecule has 0 aliphatic carbocycles. The Labute approximate surface area is 84.2 Å². The van der Waals surface area contributed by atoms with Crippen molar-refractivity contribution in [3.05, 3.63) is 35.4 Å². The maximum absolute atomic E-state index is 5.62. The Morgan fingerprint density at radius 3 is 3.00 bits per heavy atom. The fourth-order valence-corrected chi connectivity index (χ4v) is 1.66. The third kappa shape index (κ3) is 2.05. The molecule has 3 nitrogen and oxygen atoms in total. The molecule has 0 saturated heterocycles. The molecule has 74 valence electrons. The van der Waals surface area contributed by atoms with Crippen molar-refractivity contribution in [3.8, 4) is 0 Å². The van der Waals surface area contributed by atoms with Gasteiger partial charge in [-0.3, -0.25) is 5.01 Å². The molecule has 1 heterocycles. The van der Waals surface area contributed by atoms with Gasteiger partial charge in [0.1, 0.15) is 5.84 Å². The molecule has 0 aromatic heterocycles. The Bertz CT molecular complexity index is 357. The topological polar surface area (TPSA) is 41.6 Å². The lowest BCUT2D eigenvalue weighted by Gasteiger charge is -2.13. The molecule has 0 unspecified atom stereocenters. The predicted octanol–water partition coefficient (Wildman–Crippen LogP) is 1.47. The van der Waals surface area contributed by atoms with Gasteiger partial charge in [0.25, 0.3) is 0 Å². The van der Waals surface area contributed by atoms with Gasteiger partial charge in [0.2, 0.25) is 0 Å². The zero-order valence-electron chi connectivity index (χ0n) is 8.40. The number of nitrogens with two attached hydrogens (primary N) is 1. The smallest absolute Gasteiger partial charge is 0.121 e. The Balaban J connectivity index is 2.04. The molecule has 1 aliphatic rings. The van der Waals surface area contributed by atoms with E-state index in [1.807, 2.05) is 5.01 Å². The molecule has 0 fully saturated rings. The normalized spacial score (nSPS) is 15.8. The number of benzene rings is 1. The lowest BCUT2D eigenvalue weighted by Crippen LogP contribution is -2.13. The quantitative estimate of drug-likeness (QED) is 0.765. The summed E-state index contributed by atoms with van der Waals surface area (Å²) in [5.74, 6) is 0.748. The van der Waals surface area contributed by atoms with Gasteiger partial charge in [-0.05, 0) is 12.5 Å². The molecule has 3 heteroatoms.